The van der Waals surface area contributed by atoms with Crippen LogP contribution in [0, 0.1) is 0 Å². The molecular weight excluding hydrogens is 240 g/mol. The molecule has 3 rings (SSSR count). The fraction of sp³-hybridized carbons (Fsp3) is 0.714. The van der Waals surface area contributed by atoms with Crippen LogP contribution < -0.4 is 4.90 Å². The van der Waals surface area contributed by atoms with Crippen molar-refractivity contribution in [3.63, 3.8) is 0 Å². The fourth-order valence-electron chi connectivity index (χ4n) is 3.04. The van der Waals surface area contributed by atoms with Crippen LogP contribution in [0.15, 0.2) is 6.33 Å². The van der Waals surface area contributed by atoms with E-state index in [1.165, 1.54) is 17.7 Å². The Labute approximate surface area is 114 Å². The van der Waals surface area contributed by atoms with Gasteiger partial charge in [-0.3, -0.25) is 0 Å². The highest BCUT2D eigenvalue weighted by Gasteiger charge is 2.26. The highest BCUT2D eigenvalue weighted by molar-refractivity contribution is 5.50. The lowest BCUT2D eigenvalue weighted by atomic mass is 10.2. The van der Waals surface area contributed by atoms with E-state index in [4.69, 9.17) is 4.74 Å². The summed E-state index contributed by atoms with van der Waals surface area (Å²) in [4.78, 5) is 13.5. The molecule has 1 unspecified atom stereocenters. The number of fused-ring (bicyclic) bond motifs is 1. The summed E-state index contributed by atoms with van der Waals surface area (Å²) >= 11 is 0. The quantitative estimate of drug-likeness (QED) is 0.803. The highest BCUT2D eigenvalue weighted by Crippen LogP contribution is 2.28. The van der Waals surface area contributed by atoms with Crippen LogP contribution in [0.25, 0.3) is 0 Å². The Morgan fingerprint density at radius 2 is 2.26 bits per heavy atom. The molecule has 2 heterocycles. The molecule has 19 heavy (non-hydrogen) atoms. The van der Waals surface area contributed by atoms with E-state index in [1.807, 2.05) is 0 Å². The minimum absolute atomic E-state index is 0.274. The number of hydrogen-bond acceptors (Lipinski definition) is 5. The number of nitrogens with zero attached hydrogens (tertiary/aromatic N) is 4. The molecule has 0 saturated carbocycles. The first-order valence-corrected chi connectivity index (χ1v) is 7.08. The summed E-state index contributed by atoms with van der Waals surface area (Å²) in [5, 5.41) is 0. The maximum absolute atomic E-state index is 5.83. The lowest BCUT2D eigenvalue weighted by molar-refractivity contribution is 0.0245. The molecule has 104 valence electrons. The minimum atomic E-state index is 0.274. The second-order valence-corrected chi connectivity index (χ2v) is 5.68. The zero-order valence-corrected chi connectivity index (χ0v) is 11.8. The average molecular weight is 262 g/mol. The third-order valence-corrected chi connectivity index (χ3v) is 3.86. The zero-order valence-electron chi connectivity index (χ0n) is 11.8. The van der Waals surface area contributed by atoms with E-state index in [2.05, 4.69) is 33.9 Å². The SMILES string of the molecule is CN(C)CC1CN(c2ncnc3c2CCC3)CCO1. The van der Waals surface area contributed by atoms with Crippen LogP contribution in [-0.4, -0.2) is 61.3 Å². The lowest BCUT2D eigenvalue weighted by Gasteiger charge is -2.35. The molecule has 0 amide bonds. The third kappa shape index (κ3) is 2.72. The first-order chi connectivity index (χ1) is 9.24. The van der Waals surface area contributed by atoms with Crippen molar-refractivity contribution in [2.45, 2.75) is 25.4 Å². The molecule has 0 spiro atoms. The summed E-state index contributed by atoms with van der Waals surface area (Å²) in [7, 11) is 4.18. The molecule has 0 aromatic carbocycles. The number of morpholine rings is 1. The van der Waals surface area contributed by atoms with E-state index in [0.29, 0.717) is 0 Å². The Morgan fingerprint density at radius 3 is 3.11 bits per heavy atom. The van der Waals surface area contributed by atoms with E-state index < -0.39 is 0 Å². The molecule has 2 aliphatic rings. The van der Waals surface area contributed by atoms with Crippen molar-refractivity contribution in [2.24, 2.45) is 0 Å². The second-order valence-electron chi connectivity index (χ2n) is 5.68. The van der Waals surface area contributed by atoms with Crippen molar-refractivity contribution < 1.29 is 4.74 Å². The number of rotatable bonds is 3. The van der Waals surface area contributed by atoms with Gasteiger partial charge in [-0.15, -0.1) is 0 Å². The van der Waals surface area contributed by atoms with Crippen molar-refractivity contribution in [3.05, 3.63) is 17.6 Å². The van der Waals surface area contributed by atoms with Crippen LogP contribution in [0.5, 0.6) is 0 Å². The fourth-order valence-corrected chi connectivity index (χ4v) is 3.04. The molecule has 0 N–H and O–H groups in total. The van der Waals surface area contributed by atoms with Gasteiger partial charge in [-0.1, -0.05) is 0 Å². The normalized spacial score (nSPS) is 22.9. The third-order valence-electron chi connectivity index (χ3n) is 3.86. The number of aryl methyl sites for hydroxylation is 1. The maximum Gasteiger partial charge on any atom is 0.135 e. The molecule has 0 radical (unpaired) electrons. The molecule has 1 aliphatic carbocycles. The van der Waals surface area contributed by atoms with Gasteiger partial charge in [-0.25, -0.2) is 9.97 Å². The van der Waals surface area contributed by atoms with Gasteiger partial charge in [-0.2, -0.15) is 0 Å². The number of hydrogen-bond donors (Lipinski definition) is 0. The summed E-state index contributed by atoms with van der Waals surface area (Å²) in [6.07, 6.45) is 5.44. The van der Waals surface area contributed by atoms with Gasteiger partial charge in [0.15, 0.2) is 0 Å². The molecule has 1 aliphatic heterocycles. The first kappa shape index (κ1) is 12.8. The van der Waals surface area contributed by atoms with Gasteiger partial charge in [-0.05, 0) is 33.4 Å². The average Bonchev–Trinajstić information content (AvgIpc) is 2.86. The molecular formula is C14H22N4O. The van der Waals surface area contributed by atoms with Gasteiger partial charge < -0.3 is 14.5 Å². The van der Waals surface area contributed by atoms with Crippen molar-refractivity contribution in [2.75, 3.05) is 45.2 Å². The van der Waals surface area contributed by atoms with Crippen molar-refractivity contribution in [3.8, 4) is 0 Å². The standard InChI is InChI=1S/C14H22N4O/c1-17(2)8-11-9-18(6-7-19-11)14-12-4-3-5-13(12)15-10-16-14/h10-11H,3-9H2,1-2H3. The van der Waals surface area contributed by atoms with E-state index in [1.54, 1.807) is 6.33 Å². The molecule has 5 heteroatoms. The van der Waals surface area contributed by atoms with E-state index in [0.717, 1.165) is 44.9 Å². The molecule has 1 atom stereocenters. The van der Waals surface area contributed by atoms with E-state index in [-0.39, 0.29) is 6.10 Å². The number of ether oxygens (including phenoxy) is 1. The van der Waals surface area contributed by atoms with Crippen LogP contribution in [0.3, 0.4) is 0 Å². The topological polar surface area (TPSA) is 41.5 Å². The van der Waals surface area contributed by atoms with Gasteiger partial charge in [0.2, 0.25) is 0 Å². The molecule has 1 fully saturated rings. The van der Waals surface area contributed by atoms with Gasteiger partial charge in [0.25, 0.3) is 0 Å². The molecule has 5 nitrogen and oxygen atoms in total. The Bertz CT molecular complexity index is 449. The van der Waals surface area contributed by atoms with Crippen LogP contribution in [0.2, 0.25) is 0 Å². The highest BCUT2D eigenvalue weighted by atomic mass is 16.5. The Hall–Kier alpha value is -1.20. The van der Waals surface area contributed by atoms with E-state index >= 15 is 0 Å². The van der Waals surface area contributed by atoms with Crippen molar-refractivity contribution in [1.29, 1.82) is 0 Å². The summed E-state index contributed by atoms with van der Waals surface area (Å²) in [6, 6.07) is 0. The van der Waals surface area contributed by atoms with Gasteiger partial charge in [0.05, 0.1) is 12.7 Å². The Balaban J connectivity index is 1.77. The minimum Gasteiger partial charge on any atom is -0.373 e. The largest absolute Gasteiger partial charge is 0.373 e. The van der Waals surface area contributed by atoms with Crippen LogP contribution in [0.4, 0.5) is 5.82 Å². The molecule has 1 aromatic heterocycles. The van der Waals surface area contributed by atoms with E-state index in [9.17, 15) is 0 Å². The Kier molecular flexibility index (Phi) is 3.66. The molecule has 1 aromatic rings. The first-order valence-electron chi connectivity index (χ1n) is 7.08. The number of anilines is 1. The van der Waals surface area contributed by atoms with Crippen LogP contribution in [-0.2, 0) is 17.6 Å². The monoisotopic (exact) mass is 262 g/mol. The predicted octanol–water partition coefficient (Wildman–Crippen LogP) is 0.732. The van der Waals surface area contributed by atoms with Crippen molar-refractivity contribution >= 4 is 5.82 Å². The molecule has 0 bridgehead atoms. The number of likely N-dealkylation sites (N-methyl/N-ethyl adjacent to an activating group) is 1. The van der Waals surface area contributed by atoms with Gasteiger partial charge in [0, 0.05) is 30.9 Å². The smallest absolute Gasteiger partial charge is 0.135 e. The van der Waals surface area contributed by atoms with Crippen LogP contribution in [0.1, 0.15) is 17.7 Å². The lowest BCUT2D eigenvalue weighted by Crippen LogP contribution is -2.47. The molecule has 1 saturated heterocycles. The predicted molar refractivity (Wildman–Crippen MR) is 74.6 cm³/mol. The van der Waals surface area contributed by atoms with Gasteiger partial charge >= 0.3 is 0 Å². The van der Waals surface area contributed by atoms with Crippen molar-refractivity contribution in [1.82, 2.24) is 14.9 Å². The second kappa shape index (κ2) is 5.43. The summed E-state index contributed by atoms with van der Waals surface area (Å²) in [6.45, 7) is 3.62. The summed E-state index contributed by atoms with van der Waals surface area (Å²) < 4.78 is 5.83. The maximum atomic E-state index is 5.83. The van der Waals surface area contributed by atoms with Gasteiger partial charge in [0.1, 0.15) is 12.1 Å². The van der Waals surface area contributed by atoms with Crippen LogP contribution >= 0.6 is 0 Å². The zero-order chi connectivity index (χ0) is 13.2. The number of aromatic nitrogens is 2. The summed E-state index contributed by atoms with van der Waals surface area (Å²) in [5.41, 5.74) is 2.62. The summed E-state index contributed by atoms with van der Waals surface area (Å²) in [5.74, 6) is 1.15. The Morgan fingerprint density at radius 1 is 1.37 bits per heavy atom.